The molecule has 0 radical (unpaired) electrons. The molecule has 0 saturated carbocycles. The summed E-state index contributed by atoms with van der Waals surface area (Å²) in [7, 11) is 0. The summed E-state index contributed by atoms with van der Waals surface area (Å²) in [5.74, 6) is -0.260. The summed E-state index contributed by atoms with van der Waals surface area (Å²) in [4.78, 5) is 19.7. The van der Waals surface area contributed by atoms with E-state index in [1.807, 2.05) is 42.6 Å². The number of carbonyl (C=O) groups is 1. The van der Waals surface area contributed by atoms with Gasteiger partial charge in [-0.05, 0) is 25.5 Å². The van der Waals surface area contributed by atoms with Crippen LogP contribution in [0.3, 0.4) is 0 Å². The first-order valence-corrected chi connectivity index (χ1v) is 8.51. The lowest BCUT2D eigenvalue weighted by Crippen LogP contribution is -2.38. The summed E-state index contributed by atoms with van der Waals surface area (Å²) in [5, 5.41) is 16.2. The van der Waals surface area contributed by atoms with Crippen molar-refractivity contribution < 1.29 is 9.90 Å². The molecule has 1 atom stereocenters. The maximum atomic E-state index is 12.3. The molecule has 24 heavy (non-hydrogen) atoms. The molecule has 5 nitrogen and oxygen atoms in total. The molecule has 1 aromatic carbocycles. The number of thiazole rings is 1. The second kappa shape index (κ2) is 6.59. The van der Waals surface area contributed by atoms with E-state index in [1.165, 1.54) is 0 Å². The SMILES string of the molecule is Cc1nc(-c2c[nH]c(C(=O)NCC(C)(O)c3ccccc3)c2)cs1. The van der Waals surface area contributed by atoms with E-state index in [0.29, 0.717) is 5.69 Å². The van der Waals surface area contributed by atoms with E-state index in [4.69, 9.17) is 0 Å². The number of H-pyrrole nitrogens is 1. The molecule has 0 aliphatic rings. The first-order chi connectivity index (χ1) is 11.5. The molecule has 3 rings (SSSR count). The van der Waals surface area contributed by atoms with Crippen molar-refractivity contribution in [3.05, 3.63) is 64.2 Å². The van der Waals surface area contributed by atoms with Crippen LogP contribution in [0.2, 0.25) is 0 Å². The number of amides is 1. The van der Waals surface area contributed by atoms with Crippen LogP contribution in [0.1, 0.15) is 28.0 Å². The van der Waals surface area contributed by atoms with Gasteiger partial charge < -0.3 is 15.4 Å². The molecule has 1 amide bonds. The van der Waals surface area contributed by atoms with E-state index >= 15 is 0 Å². The Bertz CT molecular complexity index is 837. The Hall–Kier alpha value is -2.44. The summed E-state index contributed by atoms with van der Waals surface area (Å²) < 4.78 is 0. The lowest BCUT2D eigenvalue weighted by molar-refractivity contribution is 0.0525. The van der Waals surface area contributed by atoms with Crippen LogP contribution in [-0.2, 0) is 5.60 Å². The highest BCUT2D eigenvalue weighted by molar-refractivity contribution is 7.09. The third-order valence-corrected chi connectivity index (χ3v) is 4.60. The van der Waals surface area contributed by atoms with Crippen molar-refractivity contribution >= 4 is 17.2 Å². The van der Waals surface area contributed by atoms with E-state index in [1.54, 1.807) is 30.5 Å². The highest BCUT2D eigenvalue weighted by Crippen LogP contribution is 2.23. The van der Waals surface area contributed by atoms with E-state index in [0.717, 1.165) is 21.8 Å². The quantitative estimate of drug-likeness (QED) is 0.667. The fourth-order valence-electron chi connectivity index (χ4n) is 2.42. The van der Waals surface area contributed by atoms with Gasteiger partial charge in [-0.15, -0.1) is 11.3 Å². The lowest BCUT2D eigenvalue weighted by Gasteiger charge is -2.24. The van der Waals surface area contributed by atoms with E-state index in [-0.39, 0.29) is 12.5 Å². The molecule has 0 spiro atoms. The molecule has 1 unspecified atom stereocenters. The van der Waals surface area contributed by atoms with E-state index < -0.39 is 5.60 Å². The highest BCUT2D eigenvalue weighted by Gasteiger charge is 2.24. The van der Waals surface area contributed by atoms with Crippen LogP contribution in [0.4, 0.5) is 0 Å². The van der Waals surface area contributed by atoms with Crippen molar-refractivity contribution in [2.75, 3.05) is 6.54 Å². The molecule has 3 N–H and O–H groups in total. The smallest absolute Gasteiger partial charge is 0.267 e. The average Bonchev–Trinajstić information content (AvgIpc) is 3.22. The number of aliphatic hydroxyl groups is 1. The summed E-state index contributed by atoms with van der Waals surface area (Å²) in [6.07, 6.45) is 1.76. The second-order valence-electron chi connectivity index (χ2n) is 5.88. The molecule has 2 aromatic heterocycles. The second-order valence-corrected chi connectivity index (χ2v) is 6.94. The van der Waals surface area contributed by atoms with Gasteiger partial charge in [0.05, 0.1) is 17.2 Å². The number of rotatable bonds is 5. The normalized spacial score (nSPS) is 13.5. The molecule has 6 heteroatoms. The number of nitrogens with zero attached hydrogens (tertiary/aromatic N) is 1. The van der Waals surface area contributed by atoms with Gasteiger partial charge in [0.2, 0.25) is 0 Å². The minimum atomic E-state index is -1.13. The predicted molar refractivity (Wildman–Crippen MR) is 95.0 cm³/mol. The largest absolute Gasteiger partial charge is 0.384 e. The van der Waals surface area contributed by atoms with Gasteiger partial charge in [0.1, 0.15) is 11.3 Å². The predicted octanol–water partition coefficient (Wildman–Crippen LogP) is 3.08. The Morgan fingerprint density at radius 3 is 2.79 bits per heavy atom. The van der Waals surface area contributed by atoms with E-state index in [2.05, 4.69) is 15.3 Å². The Morgan fingerprint density at radius 2 is 2.12 bits per heavy atom. The van der Waals surface area contributed by atoms with Crippen LogP contribution in [0.25, 0.3) is 11.3 Å². The molecule has 0 fully saturated rings. The van der Waals surface area contributed by atoms with Crippen LogP contribution < -0.4 is 5.32 Å². The zero-order chi connectivity index (χ0) is 17.2. The molecule has 0 aliphatic heterocycles. The Kier molecular flexibility index (Phi) is 4.51. The summed E-state index contributed by atoms with van der Waals surface area (Å²) in [6, 6.07) is 11.0. The maximum absolute atomic E-state index is 12.3. The maximum Gasteiger partial charge on any atom is 0.267 e. The van der Waals surface area contributed by atoms with Gasteiger partial charge in [-0.2, -0.15) is 0 Å². The number of aromatic amines is 1. The number of benzene rings is 1. The van der Waals surface area contributed by atoms with Crippen molar-refractivity contribution in [1.82, 2.24) is 15.3 Å². The molecular formula is C18H19N3O2S. The van der Waals surface area contributed by atoms with Gasteiger partial charge in [0.25, 0.3) is 5.91 Å². The van der Waals surface area contributed by atoms with Crippen LogP contribution in [0, 0.1) is 6.92 Å². The van der Waals surface area contributed by atoms with Crippen molar-refractivity contribution in [2.45, 2.75) is 19.4 Å². The lowest BCUT2D eigenvalue weighted by atomic mass is 9.96. The number of carbonyl (C=O) groups excluding carboxylic acids is 1. The van der Waals surface area contributed by atoms with Gasteiger partial charge in [0.15, 0.2) is 0 Å². The van der Waals surface area contributed by atoms with Crippen molar-refractivity contribution in [2.24, 2.45) is 0 Å². The van der Waals surface area contributed by atoms with Crippen LogP contribution in [0.15, 0.2) is 48.0 Å². The van der Waals surface area contributed by atoms with Crippen molar-refractivity contribution in [1.29, 1.82) is 0 Å². The molecule has 2 heterocycles. The number of aryl methyl sites for hydroxylation is 1. The van der Waals surface area contributed by atoms with Crippen LogP contribution in [-0.4, -0.2) is 27.5 Å². The fraction of sp³-hybridized carbons (Fsp3) is 0.222. The average molecular weight is 341 g/mol. The molecule has 0 aliphatic carbocycles. The molecule has 0 saturated heterocycles. The van der Waals surface area contributed by atoms with E-state index in [9.17, 15) is 9.90 Å². The zero-order valence-electron chi connectivity index (χ0n) is 13.5. The first-order valence-electron chi connectivity index (χ1n) is 7.63. The minimum Gasteiger partial charge on any atom is -0.384 e. The summed E-state index contributed by atoms with van der Waals surface area (Å²) in [6.45, 7) is 3.75. The zero-order valence-corrected chi connectivity index (χ0v) is 14.4. The Labute approximate surface area is 144 Å². The number of aromatic nitrogens is 2. The third-order valence-electron chi connectivity index (χ3n) is 3.83. The third kappa shape index (κ3) is 3.55. The molecular weight excluding hydrogens is 322 g/mol. The molecule has 3 aromatic rings. The minimum absolute atomic E-state index is 0.125. The number of hydrogen-bond acceptors (Lipinski definition) is 4. The van der Waals surface area contributed by atoms with Gasteiger partial charge in [-0.1, -0.05) is 30.3 Å². The topological polar surface area (TPSA) is 78.0 Å². The van der Waals surface area contributed by atoms with Gasteiger partial charge >= 0.3 is 0 Å². The monoisotopic (exact) mass is 341 g/mol. The first kappa shape index (κ1) is 16.4. The number of hydrogen-bond donors (Lipinski definition) is 3. The van der Waals surface area contributed by atoms with Gasteiger partial charge in [-0.25, -0.2) is 4.98 Å². The van der Waals surface area contributed by atoms with Crippen molar-refractivity contribution in [3.8, 4) is 11.3 Å². The molecule has 124 valence electrons. The van der Waals surface area contributed by atoms with Crippen molar-refractivity contribution in [3.63, 3.8) is 0 Å². The van der Waals surface area contributed by atoms with Crippen LogP contribution >= 0.6 is 11.3 Å². The summed E-state index contributed by atoms with van der Waals surface area (Å²) in [5.41, 5.74) is 1.80. The number of nitrogens with one attached hydrogen (secondary N) is 2. The Morgan fingerprint density at radius 1 is 1.38 bits per heavy atom. The highest BCUT2D eigenvalue weighted by atomic mass is 32.1. The van der Waals surface area contributed by atoms with Gasteiger partial charge in [0, 0.05) is 17.1 Å². The summed E-state index contributed by atoms with van der Waals surface area (Å²) >= 11 is 1.57. The molecule has 0 bridgehead atoms. The Balaban J connectivity index is 1.66. The fourth-order valence-corrected chi connectivity index (χ4v) is 3.04. The van der Waals surface area contributed by atoms with Crippen LogP contribution in [0.5, 0.6) is 0 Å². The standard InChI is InChI=1S/C18H19N3O2S/c1-12-21-16(10-24-12)13-8-15(19-9-13)17(22)20-11-18(2,23)14-6-4-3-5-7-14/h3-10,19,23H,11H2,1-2H3,(H,20,22). The van der Waals surface area contributed by atoms with Gasteiger partial charge in [-0.3, -0.25) is 4.79 Å².